The zero-order chi connectivity index (χ0) is 20.8. The highest BCUT2D eigenvalue weighted by Gasteiger charge is 2.21. The molecule has 1 fully saturated rings. The predicted molar refractivity (Wildman–Crippen MR) is 107 cm³/mol. The Kier molecular flexibility index (Phi) is 6.90. The summed E-state index contributed by atoms with van der Waals surface area (Å²) in [5.41, 5.74) is 0.365. The molecule has 9 heteroatoms. The summed E-state index contributed by atoms with van der Waals surface area (Å²) in [4.78, 5) is 22.9. The number of hydrogen-bond acceptors (Lipinski definition) is 6. The van der Waals surface area contributed by atoms with E-state index >= 15 is 0 Å². The molecule has 3 rings (SSSR count). The van der Waals surface area contributed by atoms with Crippen LogP contribution in [0.1, 0.15) is 28.8 Å². The summed E-state index contributed by atoms with van der Waals surface area (Å²) in [6, 6.07) is 9.23. The molecule has 2 aromatic rings. The molecule has 0 bridgehead atoms. The number of carbonyl (C=O) groups is 1. The van der Waals surface area contributed by atoms with Gasteiger partial charge in [-0.2, -0.15) is 0 Å². The number of hydrogen-bond donors (Lipinski definition) is 1. The molecule has 0 aromatic heterocycles. The van der Waals surface area contributed by atoms with E-state index in [2.05, 4.69) is 5.32 Å². The van der Waals surface area contributed by atoms with E-state index in [1.807, 2.05) is 0 Å². The highest BCUT2D eigenvalue weighted by molar-refractivity contribution is 6.31. The summed E-state index contributed by atoms with van der Waals surface area (Å²) in [5, 5.41) is 14.0. The maximum atomic E-state index is 12.4. The number of nitrogens with zero attached hydrogens (tertiary/aromatic N) is 1. The number of halogens is 1. The lowest BCUT2D eigenvalue weighted by molar-refractivity contribution is -0.385. The summed E-state index contributed by atoms with van der Waals surface area (Å²) in [6.45, 7) is 1.38. The van der Waals surface area contributed by atoms with Crippen molar-refractivity contribution < 1.29 is 23.9 Å². The van der Waals surface area contributed by atoms with Crippen molar-refractivity contribution in [2.45, 2.75) is 25.5 Å². The fraction of sp³-hybridized carbons (Fsp3) is 0.350. The summed E-state index contributed by atoms with van der Waals surface area (Å²) in [7, 11) is 1.54. The molecule has 1 atom stereocenters. The summed E-state index contributed by atoms with van der Waals surface area (Å²) in [5.74, 6) is 0.560. The molecule has 8 nitrogen and oxygen atoms in total. The Morgan fingerprint density at radius 3 is 2.83 bits per heavy atom. The Morgan fingerprint density at radius 2 is 2.14 bits per heavy atom. The number of carbonyl (C=O) groups excluding carboxylic acids is 1. The fourth-order valence-electron chi connectivity index (χ4n) is 3.03. The maximum absolute atomic E-state index is 12.4. The van der Waals surface area contributed by atoms with Gasteiger partial charge >= 0.3 is 0 Å². The van der Waals surface area contributed by atoms with E-state index in [-0.39, 0.29) is 28.9 Å². The van der Waals surface area contributed by atoms with Crippen LogP contribution in [0.25, 0.3) is 0 Å². The molecular formula is C20H21ClN2O6. The van der Waals surface area contributed by atoms with Crippen LogP contribution in [0.4, 0.5) is 5.69 Å². The largest absolute Gasteiger partial charge is 0.493 e. The molecule has 1 N–H and O–H groups in total. The average Bonchev–Trinajstić information content (AvgIpc) is 3.24. The summed E-state index contributed by atoms with van der Waals surface area (Å²) in [6.07, 6.45) is 2.10. The molecular weight excluding hydrogens is 400 g/mol. The molecule has 154 valence electrons. The number of benzene rings is 2. The molecule has 1 amide bonds. The number of nitro benzene ring substituents is 1. The molecule has 1 heterocycles. The van der Waals surface area contributed by atoms with Gasteiger partial charge in [0.2, 0.25) is 0 Å². The Bertz CT molecular complexity index is 899. The second-order valence-electron chi connectivity index (χ2n) is 6.53. The van der Waals surface area contributed by atoms with Crippen LogP contribution in [0.2, 0.25) is 5.02 Å². The highest BCUT2D eigenvalue weighted by atomic mass is 35.5. The second-order valence-corrected chi connectivity index (χ2v) is 6.97. The van der Waals surface area contributed by atoms with Gasteiger partial charge in [0.15, 0.2) is 11.5 Å². The SMILES string of the molecule is COc1cc(CNC(=O)c2ccc(Cl)cc2[N+](=O)[O-])ccc1OCC1CCCO1. The first kappa shape index (κ1) is 20.9. The van der Waals surface area contributed by atoms with Gasteiger partial charge in [-0.1, -0.05) is 17.7 Å². The molecule has 1 saturated heterocycles. The quantitative estimate of drug-likeness (QED) is 0.515. The maximum Gasteiger partial charge on any atom is 0.283 e. The topological polar surface area (TPSA) is 99.9 Å². The lowest BCUT2D eigenvalue weighted by atomic mass is 10.1. The van der Waals surface area contributed by atoms with Crippen LogP contribution >= 0.6 is 11.6 Å². The van der Waals surface area contributed by atoms with Gasteiger partial charge < -0.3 is 19.5 Å². The Labute approximate surface area is 172 Å². The molecule has 1 aliphatic heterocycles. The van der Waals surface area contributed by atoms with E-state index in [1.165, 1.54) is 19.2 Å². The third kappa shape index (κ3) is 5.36. The molecule has 1 aliphatic rings. The normalized spacial score (nSPS) is 15.7. The number of nitrogens with one attached hydrogen (secondary N) is 1. The molecule has 2 aromatic carbocycles. The molecule has 0 saturated carbocycles. The van der Waals surface area contributed by atoms with E-state index in [9.17, 15) is 14.9 Å². The van der Waals surface area contributed by atoms with E-state index in [4.69, 9.17) is 25.8 Å². The molecule has 0 aliphatic carbocycles. The fourth-order valence-corrected chi connectivity index (χ4v) is 3.19. The van der Waals surface area contributed by atoms with E-state index < -0.39 is 10.8 Å². The van der Waals surface area contributed by atoms with E-state index in [1.54, 1.807) is 18.2 Å². The van der Waals surface area contributed by atoms with Gasteiger partial charge in [0.1, 0.15) is 12.2 Å². The summed E-state index contributed by atoms with van der Waals surface area (Å²) < 4.78 is 16.7. The number of amides is 1. The van der Waals surface area contributed by atoms with Crippen molar-refractivity contribution in [1.29, 1.82) is 0 Å². The lowest BCUT2D eigenvalue weighted by Gasteiger charge is -2.15. The van der Waals surface area contributed by atoms with Crippen molar-refractivity contribution in [3.05, 3.63) is 62.7 Å². The van der Waals surface area contributed by atoms with Crippen molar-refractivity contribution in [3.8, 4) is 11.5 Å². The first-order valence-corrected chi connectivity index (χ1v) is 9.49. The van der Waals surface area contributed by atoms with Crippen molar-refractivity contribution >= 4 is 23.2 Å². The van der Waals surface area contributed by atoms with Crippen molar-refractivity contribution in [3.63, 3.8) is 0 Å². The smallest absolute Gasteiger partial charge is 0.283 e. The Hall–Kier alpha value is -2.84. The van der Waals surface area contributed by atoms with E-state index in [0.717, 1.165) is 31.1 Å². The number of ether oxygens (including phenoxy) is 3. The van der Waals surface area contributed by atoms with Crippen LogP contribution in [0.5, 0.6) is 11.5 Å². The highest BCUT2D eigenvalue weighted by Crippen LogP contribution is 2.29. The zero-order valence-corrected chi connectivity index (χ0v) is 16.6. The minimum Gasteiger partial charge on any atom is -0.493 e. The summed E-state index contributed by atoms with van der Waals surface area (Å²) >= 11 is 5.78. The molecule has 29 heavy (non-hydrogen) atoms. The molecule has 0 spiro atoms. The van der Waals surface area contributed by atoms with Gasteiger partial charge in [-0.05, 0) is 42.7 Å². The Balaban J connectivity index is 1.64. The second kappa shape index (κ2) is 9.58. The third-order valence-electron chi connectivity index (χ3n) is 4.53. The van der Waals surface area contributed by atoms with Gasteiger partial charge in [0.05, 0.1) is 18.1 Å². The van der Waals surface area contributed by atoms with Gasteiger partial charge in [-0.25, -0.2) is 0 Å². The number of nitro groups is 1. The van der Waals surface area contributed by atoms with Crippen LogP contribution in [0, 0.1) is 10.1 Å². The molecule has 1 unspecified atom stereocenters. The average molecular weight is 421 g/mol. The van der Waals surface area contributed by atoms with Gasteiger partial charge in [0, 0.05) is 24.2 Å². The standard InChI is InChI=1S/C20H21ClN2O6/c1-27-19-9-13(4-7-18(19)29-12-15-3-2-8-28-15)11-22-20(24)16-6-5-14(21)10-17(16)23(25)26/h4-7,9-10,15H,2-3,8,11-12H2,1H3,(H,22,24). The van der Waals surface area contributed by atoms with Gasteiger partial charge in [-0.3, -0.25) is 14.9 Å². The third-order valence-corrected chi connectivity index (χ3v) is 4.77. The predicted octanol–water partition coefficient (Wildman–Crippen LogP) is 3.74. The van der Waals surface area contributed by atoms with Crippen LogP contribution in [0.15, 0.2) is 36.4 Å². The lowest BCUT2D eigenvalue weighted by Crippen LogP contribution is -2.23. The zero-order valence-electron chi connectivity index (χ0n) is 15.9. The van der Waals surface area contributed by atoms with Crippen molar-refractivity contribution in [2.75, 3.05) is 20.3 Å². The number of methoxy groups -OCH3 is 1. The van der Waals surface area contributed by atoms with Crippen LogP contribution in [-0.2, 0) is 11.3 Å². The van der Waals surface area contributed by atoms with Crippen LogP contribution < -0.4 is 14.8 Å². The number of rotatable bonds is 8. The first-order chi connectivity index (χ1) is 14.0. The first-order valence-electron chi connectivity index (χ1n) is 9.11. The van der Waals surface area contributed by atoms with Crippen LogP contribution in [0.3, 0.4) is 0 Å². The monoisotopic (exact) mass is 420 g/mol. The van der Waals surface area contributed by atoms with Crippen molar-refractivity contribution in [1.82, 2.24) is 5.32 Å². The molecule has 0 radical (unpaired) electrons. The Morgan fingerprint density at radius 1 is 1.31 bits per heavy atom. The minimum atomic E-state index is -0.635. The van der Waals surface area contributed by atoms with Gasteiger partial charge in [0.25, 0.3) is 11.6 Å². The van der Waals surface area contributed by atoms with E-state index in [0.29, 0.717) is 18.1 Å². The van der Waals surface area contributed by atoms with Crippen LogP contribution in [-0.4, -0.2) is 37.3 Å². The minimum absolute atomic E-state index is 0.0529. The van der Waals surface area contributed by atoms with Gasteiger partial charge in [-0.15, -0.1) is 0 Å². The van der Waals surface area contributed by atoms with Crippen molar-refractivity contribution in [2.24, 2.45) is 0 Å².